The number of carbonyl (C=O) groups excluding carboxylic acids is 1. The van der Waals surface area contributed by atoms with Gasteiger partial charge in [-0.25, -0.2) is 0 Å². The molecule has 0 aliphatic heterocycles. The molecule has 0 unspecified atom stereocenters. The summed E-state index contributed by atoms with van der Waals surface area (Å²) in [6, 6.07) is 12.8. The SMILES string of the molecule is CCNC(=O)c1cc2sccc2n1Cc1ccc(C(C)(C)C)cc1. The second kappa shape index (κ2) is 6.44. The molecule has 0 atom stereocenters. The summed E-state index contributed by atoms with van der Waals surface area (Å²) in [4.78, 5) is 12.4. The molecule has 2 aromatic heterocycles. The first-order valence-corrected chi connectivity index (χ1v) is 9.22. The lowest BCUT2D eigenvalue weighted by Crippen LogP contribution is -2.25. The van der Waals surface area contributed by atoms with Crippen LogP contribution >= 0.6 is 11.3 Å². The topological polar surface area (TPSA) is 34.0 Å². The number of hydrogen-bond donors (Lipinski definition) is 1. The van der Waals surface area contributed by atoms with Gasteiger partial charge in [-0.15, -0.1) is 11.3 Å². The van der Waals surface area contributed by atoms with Crippen molar-refractivity contribution in [3.8, 4) is 0 Å². The van der Waals surface area contributed by atoms with E-state index in [1.165, 1.54) is 11.1 Å². The summed E-state index contributed by atoms with van der Waals surface area (Å²) in [6.45, 7) is 9.94. The maximum Gasteiger partial charge on any atom is 0.267 e. The van der Waals surface area contributed by atoms with Crippen LogP contribution in [0, 0.1) is 0 Å². The van der Waals surface area contributed by atoms with Crippen LogP contribution in [-0.2, 0) is 12.0 Å². The molecule has 0 saturated carbocycles. The van der Waals surface area contributed by atoms with Gasteiger partial charge in [-0.3, -0.25) is 4.79 Å². The van der Waals surface area contributed by atoms with Crippen LogP contribution in [0.3, 0.4) is 0 Å². The Kier molecular flexibility index (Phi) is 4.50. The van der Waals surface area contributed by atoms with Crippen LogP contribution in [0.15, 0.2) is 41.8 Å². The zero-order valence-electron chi connectivity index (χ0n) is 14.7. The van der Waals surface area contributed by atoms with Gasteiger partial charge in [0.25, 0.3) is 5.91 Å². The van der Waals surface area contributed by atoms with Crippen LogP contribution in [0.1, 0.15) is 49.3 Å². The van der Waals surface area contributed by atoms with Gasteiger partial charge in [0.05, 0.1) is 10.2 Å². The molecule has 126 valence electrons. The number of carbonyl (C=O) groups is 1. The summed E-state index contributed by atoms with van der Waals surface area (Å²) < 4.78 is 3.27. The molecule has 24 heavy (non-hydrogen) atoms. The first kappa shape index (κ1) is 16.8. The normalized spacial score (nSPS) is 11.8. The number of amides is 1. The molecule has 0 aliphatic carbocycles. The first-order valence-electron chi connectivity index (χ1n) is 8.34. The van der Waals surface area contributed by atoms with E-state index in [0.29, 0.717) is 13.1 Å². The molecule has 0 fully saturated rings. The lowest BCUT2D eigenvalue weighted by atomic mass is 9.87. The van der Waals surface area contributed by atoms with E-state index in [2.05, 4.69) is 66.4 Å². The Hall–Kier alpha value is -2.07. The molecule has 1 amide bonds. The second-order valence-electron chi connectivity index (χ2n) is 7.09. The number of nitrogens with zero attached hydrogens (tertiary/aromatic N) is 1. The van der Waals surface area contributed by atoms with Gasteiger partial charge in [-0.1, -0.05) is 45.0 Å². The van der Waals surface area contributed by atoms with E-state index in [1.54, 1.807) is 11.3 Å². The number of thiophene rings is 1. The summed E-state index contributed by atoms with van der Waals surface area (Å²) in [5, 5.41) is 4.99. The van der Waals surface area contributed by atoms with Gasteiger partial charge in [-0.05, 0) is 41.0 Å². The van der Waals surface area contributed by atoms with Crippen LogP contribution in [0.25, 0.3) is 10.2 Å². The highest BCUT2D eigenvalue weighted by Gasteiger charge is 2.17. The minimum Gasteiger partial charge on any atom is -0.351 e. The molecule has 3 nitrogen and oxygen atoms in total. The fourth-order valence-electron chi connectivity index (χ4n) is 2.88. The molecule has 1 aromatic carbocycles. The fourth-order valence-corrected chi connectivity index (χ4v) is 3.70. The average Bonchev–Trinajstić information content (AvgIpc) is 3.10. The Bertz CT molecular complexity index is 850. The summed E-state index contributed by atoms with van der Waals surface area (Å²) in [7, 11) is 0. The average molecular weight is 340 g/mol. The Labute approximate surface area is 147 Å². The quantitative estimate of drug-likeness (QED) is 0.727. The smallest absolute Gasteiger partial charge is 0.267 e. The summed E-state index contributed by atoms with van der Waals surface area (Å²) in [5.74, 6) is -0.00721. The number of nitrogens with one attached hydrogen (secondary N) is 1. The van der Waals surface area contributed by atoms with Crippen molar-refractivity contribution in [2.24, 2.45) is 0 Å². The predicted octanol–water partition coefficient (Wildman–Crippen LogP) is 4.80. The zero-order chi connectivity index (χ0) is 17.3. The van der Waals surface area contributed by atoms with Gasteiger partial charge in [0.15, 0.2) is 0 Å². The van der Waals surface area contributed by atoms with E-state index in [0.717, 1.165) is 15.9 Å². The van der Waals surface area contributed by atoms with Gasteiger partial charge >= 0.3 is 0 Å². The largest absolute Gasteiger partial charge is 0.351 e. The molecule has 0 radical (unpaired) electrons. The highest BCUT2D eigenvalue weighted by molar-refractivity contribution is 7.17. The molecule has 0 spiro atoms. The van der Waals surface area contributed by atoms with Gasteiger partial charge in [0.2, 0.25) is 0 Å². The van der Waals surface area contributed by atoms with E-state index in [4.69, 9.17) is 0 Å². The maximum atomic E-state index is 12.4. The highest BCUT2D eigenvalue weighted by atomic mass is 32.1. The van der Waals surface area contributed by atoms with Crippen molar-refractivity contribution in [3.05, 3.63) is 58.6 Å². The molecule has 2 heterocycles. The van der Waals surface area contributed by atoms with Gasteiger partial charge in [0.1, 0.15) is 5.69 Å². The monoisotopic (exact) mass is 340 g/mol. The lowest BCUT2D eigenvalue weighted by Gasteiger charge is -2.19. The van der Waals surface area contributed by atoms with Crippen molar-refractivity contribution in [3.63, 3.8) is 0 Å². The van der Waals surface area contributed by atoms with E-state index < -0.39 is 0 Å². The Morgan fingerprint density at radius 2 is 1.88 bits per heavy atom. The third kappa shape index (κ3) is 3.24. The first-order chi connectivity index (χ1) is 11.4. The maximum absolute atomic E-state index is 12.4. The van der Waals surface area contributed by atoms with Crippen LogP contribution in [0.4, 0.5) is 0 Å². The Morgan fingerprint density at radius 3 is 2.50 bits per heavy atom. The summed E-state index contributed by atoms with van der Waals surface area (Å²) in [5.41, 5.74) is 4.54. The van der Waals surface area contributed by atoms with Crippen molar-refractivity contribution in [1.29, 1.82) is 0 Å². The number of rotatable bonds is 4. The number of aromatic nitrogens is 1. The lowest BCUT2D eigenvalue weighted by molar-refractivity contribution is 0.0947. The number of benzene rings is 1. The van der Waals surface area contributed by atoms with E-state index >= 15 is 0 Å². The Morgan fingerprint density at radius 1 is 1.17 bits per heavy atom. The minimum atomic E-state index is -0.00721. The van der Waals surface area contributed by atoms with Crippen LogP contribution in [-0.4, -0.2) is 17.0 Å². The molecule has 0 aliphatic rings. The van der Waals surface area contributed by atoms with Crippen LogP contribution in [0.5, 0.6) is 0 Å². The third-order valence-corrected chi connectivity index (χ3v) is 5.11. The molecule has 4 heteroatoms. The molecule has 0 saturated heterocycles. The van der Waals surface area contributed by atoms with Gasteiger partial charge in [-0.2, -0.15) is 0 Å². The molecule has 3 aromatic rings. The number of fused-ring (bicyclic) bond motifs is 1. The predicted molar refractivity (Wildman–Crippen MR) is 102 cm³/mol. The summed E-state index contributed by atoms with van der Waals surface area (Å²) >= 11 is 1.67. The van der Waals surface area contributed by atoms with E-state index in [9.17, 15) is 4.79 Å². The van der Waals surface area contributed by atoms with Crippen molar-refractivity contribution in [2.75, 3.05) is 6.54 Å². The van der Waals surface area contributed by atoms with Crippen LogP contribution < -0.4 is 5.32 Å². The molecular weight excluding hydrogens is 316 g/mol. The van der Waals surface area contributed by atoms with Gasteiger partial charge in [0, 0.05) is 13.1 Å². The summed E-state index contributed by atoms with van der Waals surface area (Å²) in [6.07, 6.45) is 0. The van der Waals surface area contributed by atoms with Crippen molar-refractivity contribution in [2.45, 2.75) is 39.7 Å². The minimum absolute atomic E-state index is 0.00721. The standard InChI is InChI=1S/C20H24N2OS/c1-5-21-19(23)17-12-18-16(10-11-24-18)22(17)13-14-6-8-15(9-7-14)20(2,3)4/h6-12H,5,13H2,1-4H3,(H,21,23). The van der Waals surface area contributed by atoms with Crippen molar-refractivity contribution in [1.82, 2.24) is 9.88 Å². The number of hydrogen-bond acceptors (Lipinski definition) is 2. The van der Waals surface area contributed by atoms with Crippen molar-refractivity contribution < 1.29 is 4.79 Å². The third-order valence-electron chi connectivity index (χ3n) is 4.25. The fraction of sp³-hybridized carbons (Fsp3) is 0.350. The Balaban J connectivity index is 1.95. The van der Waals surface area contributed by atoms with Crippen LogP contribution in [0.2, 0.25) is 0 Å². The van der Waals surface area contributed by atoms with Crippen molar-refractivity contribution >= 4 is 27.5 Å². The molecule has 1 N–H and O–H groups in total. The molecule has 3 rings (SSSR count). The van der Waals surface area contributed by atoms with E-state index in [1.807, 2.05) is 13.0 Å². The molecular formula is C20H24N2OS. The second-order valence-corrected chi connectivity index (χ2v) is 8.04. The highest BCUT2D eigenvalue weighted by Crippen LogP contribution is 2.27. The van der Waals surface area contributed by atoms with Gasteiger partial charge < -0.3 is 9.88 Å². The van der Waals surface area contributed by atoms with E-state index in [-0.39, 0.29) is 11.3 Å². The molecule has 0 bridgehead atoms. The zero-order valence-corrected chi connectivity index (χ0v) is 15.5.